The number of aryl methyl sites for hydroxylation is 2. The Morgan fingerprint density at radius 3 is 2.31 bits per heavy atom. The minimum absolute atomic E-state index is 0.193. The first-order valence-corrected chi connectivity index (χ1v) is 14.5. The van der Waals surface area contributed by atoms with Gasteiger partial charge in [0.1, 0.15) is 23.9 Å². The van der Waals surface area contributed by atoms with E-state index in [0.29, 0.717) is 44.4 Å². The van der Waals surface area contributed by atoms with E-state index in [1.807, 2.05) is 18.2 Å². The van der Waals surface area contributed by atoms with Gasteiger partial charge in [0.05, 0.1) is 13.2 Å². The summed E-state index contributed by atoms with van der Waals surface area (Å²) in [6.07, 6.45) is 4.08. The van der Waals surface area contributed by atoms with Crippen LogP contribution in [0.5, 0.6) is 11.5 Å². The van der Waals surface area contributed by atoms with Gasteiger partial charge in [-0.05, 0) is 104 Å². The number of carboxylic acids is 1. The molecule has 9 heteroatoms. The fourth-order valence-electron chi connectivity index (χ4n) is 4.92. The van der Waals surface area contributed by atoms with Crippen LogP contribution in [0.2, 0.25) is 0 Å². The zero-order valence-corrected chi connectivity index (χ0v) is 24.0. The molecule has 0 spiro atoms. The molecule has 1 aliphatic rings. The number of fused-ring (bicyclic) bond motifs is 1. The van der Waals surface area contributed by atoms with Gasteiger partial charge in [-0.3, -0.25) is 0 Å². The van der Waals surface area contributed by atoms with Gasteiger partial charge in [-0.15, -0.1) is 0 Å². The molecule has 0 radical (unpaired) electrons. The molecule has 1 unspecified atom stereocenters. The average molecular weight is 579 g/mol. The highest BCUT2D eigenvalue weighted by molar-refractivity contribution is 5.89. The lowest BCUT2D eigenvalue weighted by molar-refractivity contribution is -0.149. The van der Waals surface area contributed by atoms with E-state index in [2.05, 4.69) is 17.4 Å². The summed E-state index contributed by atoms with van der Waals surface area (Å²) in [4.78, 5) is 26.4. The van der Waals surface area contributed by atoms with Gasteiger partial charge in [0.25, 0.3) is 0 Å². The molecule has 0 aromatic heterocycles. The number of benzene rings is 3. The minimum atomic E-state index is -0.988. The van der Waals surface area contributed by atoms with E-state index >= 15 is 0 Å². The largest absolute Gasteiger partial charge is 0.494 e. The second kappa shape index (κ2) is 15.8. The fraction of sp³-hybridized carbons (Fsp3) is 0.394. The molecule has 2 amide bonds. The third-order valence-electron chi connectivity index (χ3n) is 7.16. The molecule has 1 atom stereocenters. The van der Waals surface area contributed by atoms with Crippen LogP contribution in [-0.4, -0.2) is 61.0 Å². The Kier molecular flexibility index (Phi) is 11.6. The maximum atomic E-state index is 13.3. The van der Waals surface area contributed by atoms with Crippen molar-refractivity contribution in [2.75, 3.05) is 38.2 Å². The highest BCUT2D eigenvalue weighted by Gasteiger charge is 2.18. The molecule has 0 aliphatic heterocycles. The van der Waals surface area contributed by atoms with Gasteiger partial charge in [-0.1, -0.05) is 18.2 Å². The van der Waals surface area contributed by atoms with Crippen molar-refractivity contribution >= 4 is 17.7 Å². The van der Waals surface area contributed by atoms with Gasteiger partial charge in [-0.2, -0.15) is 0 Å². The lowest BCUT2D eigenvalue weighted by Gasteiger charge is -2.23. The third kappa shape index (κ3) is 9.48. The number of halogens is 1. The lowest BCUT2D eigenvalue weighted by atomic mass is 10.1. The number of urea groups is 1. The predicted molar refractivity (Wildman–Crippen MR) is 159 cm³/mol. The van der Waals surface area contributed by atoms with E-state index in [9.17, 15) is 19.1 Å². The van der Waals surface area contributed by atoms with Crippen molar-refractivity contribution in [2.24, 2.45) is 0 Å². The summed E-state index contributed by atoms with van der Waals surface area (Å²) in [5.41, 5.74) is 4.26. The minimum Gasteiger partial charge on any atom is -0.494 e. The molecule has 1 aliphatic carbocycles. The molecule has 42 heavy (non-hydrogen) atoms. The normalized spacial score (nSPS) is 12.8. The van der Waals surface area contributed by atoms with Crippen LogP contribution in [0.1, 0.15) is 42.9 Å². The molecule has 0 bridgehead atoms. The van der Waals surface area contributed by atoms with Crippen LogP contribution in [-0.2, 0) is 28.8 Å². The first-order chi connectivity index (χ1) is 20.4. The zero-order valence-electron chi connectivity index (χ0n) is 24.0. The number of anilines is 1. The number of carbonyl (C=O) groups excluding carboxylic acids is 1. The molecule has 8 nitrogen and oxygen atoms in total. The van der Waals surface area contributed by atoms with Gasteiger partial charge >= 0.3 is 12.0 Å². The number of rotatable bonds is 16. The summed E-state index contributed by atoms with van der Waals surface area (Å²) < 4.78 is 30.0. The van der Waals surface area contributed by atoms with Crippen molar-refractivity contribution < 1.29 is 33.3 Å². The topological polar surface area (TPSA) is 97.3 Å². The van der Waals surface area contributed by atoms with E-state index in [0.717, 1.165) is 43.4 Å². The van der Waals surface area contributed by atoms with Crippen LogP contribution >= 0.6 is 0 Å². The van der Waals surface area contributed by atoms with Gasteiger partial charge in [-0.25, -0.2) is 14.0 Å². The monoisotopic (exact) mass is 578 g/mol. The van der Waals surface area contributed by atoms with E-state index in [1.54, 1.807) is 36.1 Å². The number of aliphatic carboxylic acids is 1. The van der Waals surface area contributed by atoms with Gasteiger partial charge in [0, 0.05) is 25.3 Å². The highest BCUT2D eigenvalue weighted by atomic mass is 19.1. The Labute approximate surface area is 246 Å². The van der Waals surface area contributed by atoms with Crippen molar-refractivity contribution in [1.82, 2.24) is 4.90 Å². The zero-order chi connectivity index (χ0) is 29.7. The fourth-order valence-corrected chi connectivity index (χ4v) is 4.92. The molecule has 224 valence electrons. The molecule has 0 saturated carbocycles. The van der Waals surface area contributed by atoms with Crippen LogP contribution < -0.4 is 14.8 Å². The third-order valence-corrected chi connectivity index (χ3v) is 7.16. The van der Waals surface area contributed by atoms with E-state index < -0.39 is 12.1 Å². The highest BCUT2D eigenvalue weighted by Crippen LogP contribution is 2.25. The predicted octanol–water partition coefficient (Wildman–Crippen LogP) is 6.12. The number of amides is 2. The van der Waals surface area contributed by atoms with Crippen molar-refractivity contribution in [3.63, 3.8) is 0 Å². The standard InChI is InChI=1S/C33H39FN2O6/c1-2-40-31(32(37)38)22-24-8-14-29(15-9-24)42-21-19-36(18-3-4-20-41-30-16-11-27(34)12-17-30)33(39)35-28-13-10-25-6-5-7-26(25)23-28/h8-17,23,31H,2-7,18-22H2,1H3,(H,35,39)(H,37,38). The molecule has 0 fully saturated rings. The number of ether oxygens (including phenoxy) is 3. The summed E-state index contributed by atoms with van der Waals surface area (Å²) in [6, 6.07) is 19.1. The lowest BCUT2D eigenvalue weighted by Crippen LogP contribution is -2.38. The second-order valence-electron chi connectivity index (χ2n) is 10.2. The number of carboxylic acid groups (broad SMARTS) is 1. The molecular formula is C33H39FN2O6. The Bertz CT molecular complexity index is 1300. The van der Waals surface area contributed by atoms with Crippen molar-refractivity contribution in [3.05, 3.63) is 89.2 Å². The quantitative estimate of drug-likeness (QED) is 0.199. The Balaban J connectivity index is 1.29. The van der Waals surface area contributed by atoms with Crippen molar-refractivity contribution in [2.45, 2.75) is 51.6 Å². The van der Waals surface area contributed by atoms with E-state index in [-0.39, 0.29) is 18.3 Å². The maximum absolute atomic E-state index is 13.3. The second-order valence-corrected chi connectivity index (χ2v) is 10.2. The number of hydrogen-bond donors (Lipinski definition) is 2. The van der Waals surface area contributed by atoms with Gasteiger partial charge < -0.3 is 29.5 Å². The molecule has 3 aromatic carbocycles. The molecule has 0 saturated heterocycles. The summed E-state index contributed by atoms with van der Waals surface area (Å²) >= 11 is 0. The van der Waals surface area contributed by atoms with Gasteiger partial charge in [0.2, 0.25) is 0 Å². The van der Waals surface area contributed by atoms with Crippen LogP contribution in [0.25, 0.3) is 0 Å². The SMILES string of the molecule is CCOC(Cc1ccc(OCCN(CCCCOc2ccc(F)cc2)C(=O)Nc2ccc3c(c2)CCC3)cc1)C(=O)O. The van der Waals surface area contributed by atoms with Crippen LogP contribution in [0.3, 0.4) is 0 Å². The van der Waals surface area contributed by atoms with Crippen molar-refractivity contribution in [1.29, 1.82) is 0 Å². The first kappa shape index (κ1) is 30.8. The van der Waals surface area contributed by atoms with E-state index in [1.165, 1.54) is 23.3 Å². The first-order valence-electron chi connectivity index (χ1n) is 14.5. The molecular weight excluding hydrogens is 539 g/mol. The van der Waals surface area contributed by atoms with Crippen LogP contribution in [0.15, 0.2) is 66.7 Å². The molecule has 3 aromatic rings. The van der Waals surface area contributed by atoms with E-state index in [4.69, 9.17) is 14.2 Å². The summed E-state index contributed by atoms with van der Waals surface area (Å²) in [5, 5.41) is 12.4. The smallest absolute Gasteiger partial charge is 0.333 e. The summed E-state index contributed by atoms with van der Waals surface area (Å²) in [6.45, 7) is 3.74. The Morgan fingerprint density at radius 2 is 1.60 bits per heavy atom. The number of nitrogens with zero attached hydrogens (tertiary/aromatic N) is 1. The molecule has 2 N–H and O–H groups in total. The van der Waals surface area contributed by atoms with Gasteiger partial charge in [0.15, 0.2) is 6.10 Å². The summed E-state index contributed by atoms with van der Waals surface area (Å²) in [5.74, 6) is -0.0523. The van der Waals surface area contributed by atoms with Crippen LogP contribution in [0.4, 0.5) is 14.9 Å². The maximum Gasteiger partial charge on any atom is 0.333 e. The number of carbonyl (C=O) groups is 2. The average Bonchev–Trinajstić information content (AvgIpc) is 3.45. The van der Waals surface area contributed by atoms with Crippen molar-refractivity contribution in [3.8, 4) is 11.5 Å². The molecule has 0 heterocycles. The Morgan fingerprint density at radius 1 is 0.905 bits per heavy atom. The van der Waals surface area contributed by atoms with Crippen LogP contribution in [0, 0.1) is 5.82 Å². The molecule has 4 rings (SSSR count). The number of hydrogen-bond acceptors (Lipinski definition) is 5. The summed E-state index contributed by atoms with van der Waals surface area (Å²) in [7, 11) is 0. The number of unbranched alkanes of at least 4 members (excludes halogenated alkanes) is 1. The number of nitrogens with one attached hydrogen (secondary N) is 1. The Hall–Kier alpha value is -4.11.